The van der Waals surface area contributed by atoms with Crippen LogP contribution in [0.15, 0.2) is 0 Å². The second kappa shape index (κ2) is 24.9. The van der Waals surface area contributed by atoms with Crippen LogP contribution in [0.1, 0.15) is 168 Å². The van der Waals surface area contributed by atoms with Crippen molar-refractivity contribution in [3.8, 4) is 0 Å². The minimum atomic E-state index is -5.01. The maximum atomic E-state index is 12.9. The summed E-state index contributed by atoms with van der Waals surface area (Å²) < 4.78 is 15.6. The largest absolute Gasteiger partial charge is 0.469 e. The van der Waals surface area contributed by atoms with Gasteiger partial charge in [-0.3, -0.25) is 14.1 Å². The highest BCUT2D eigenvalue weighted by molar-refractivity contribution is 7.46. The summed E-state index contributed by atoms with van der Waals surface area (Å²) in [5.41, 5.74) is -2.67. The molecule has 9 heteroatoms. The molecular formula is C31H61O8P. The third kappa shape index (κ3) is 21.1. The van der Waals surface area contributed by atoms with Gasteiger partial charge in [0.15, 0.2) is 23.3 Å². The SMILES string of the molecule is CCCCCCCCCCCCCC(=O)C(O)C(O)(COP(=O)(O)O)C(=O)CCCCCCCCCCCCC. The zero-order valence-electron chi connectivity index (χ0n) is 25.6. The van der Waals surface area contributed by atoms with Crippen molar-refractivity contribution in [3.05, 3.63) is 0 Å². The second-order valence-corrected chi connectivity index (χ2v) is 12.8. The number of ketones is 2. The molecule has 0 aliphatic carbocycles. The van der Waals surface area contributed by atoms with E-state index in [4.69, 9.17) is 9.79 Å². The predicted molar refractivity (Wildman–Crippen MR) is 161 cm³/mol. The number of hydrogen-bond donors (Lipinski definition) is 4. The highest BCUT2D eigenvalue weighted by Crippen LogP contribution is 2.37. The smallest absolute Gasteiger partial charge is 0.382 e. The van der Waals surface area contributed by atoms with E-state index in [1.807, 2.05) is 0 Å². The fourth-order valence-electron chi connectivity index (χ4n) is 5.03. The lowest BCUT2D eigenvalue weighted by Crippen LogP contribution is -2.56. The molecule has 2 atom stereocenters. The third-order valence-electron chi connectivity index (χ3n) is 7.73. The number of unbranched alkanes of at least 4 members (excludes halogenated alkanes) is 20. The van der Waals surface area contributed by atoms with E-state index in [9.17, 15) is 24.4 Å². The van der Waals surface area contributed by atoms with Crippen LogP contribution in [0.3, 0.4) is 0 Å². The van der Waals surface area contributed by atoms with Gasteiger partial charge in [-0.25, -0.2) is 4.57 Å². The number of aliphatic hydroxyl groups excluding tert-OH is 1. The maximum Gasteiger partial charge on any atom is 0.469 e. The van der Waals surface area contributed by atoms with Crippen molar-refractivity contribution in [3.63, 3.8) is 0 Å². The number of rotatable bonds is 30. The van der Waals surface area contributed by atoms with Crippen LogP contribution in [0.2, 0.25) is 0 Å². The topological polar surface area (TPSA) is 141 Å². The Balaban J connectivity index is 4.43. The van der Waals surface area contributed by atoms with Crippen LogP contribution in [-0.4, -0.2) is 49.9 Å². The van der Waals surface area contributed by atoms with Crippen molar-refractivity contribution >= 4 is 19.4 Å². The summed E-state index contributed by atoms with van der Waals surface area (Å²) in [6, 6.07) is 0. The van der Waals surface area contributed by atoms with E-state index in [2.05, 4.69) is 18.4 Å². The molecule has 8 nitrogen and oxygen atoms in total. The zero-order chi connectivity index (χ0) is 30.1. The first-order chi connectivity index (χ1) is 19.1. The standard InChI is InChI=1S/C31H61O8P/c1-3-5-7-9-11-13-15-17-19-21-23-25-28(32)30(34)31(35,27-39-40(36,37)38)29(33)26-24-22-20-18-16-14-12-10-8-6-4-2/h30,34-35H,3-27H2,1-2H3,(H2,36,37,38). The van der Waals surface area contributed by atoms with Crippen molar-refractivity contribution in [2.24, 2.45) is 0 Å². The molecule has 0 aromatic heterocycles. The minimum Gasteiger partial charge on any atom is -0.382 e. The lowest BCUT2D eigenvalue weighted by atomic mass is 9.85. The van der Waals surface area contributed by atoms with Gasteiger partial charge in [0.25, 0.3) is 0 Å². The predicted octanol–water partition coefficient (Wildman–Crippen LogP) is 7.73. The van der Waals surface area contributed by atoms with Crippen LogP contribution in [0.5, 0.6) is 0 Å². The average molecular weight is 593 g/mol. The third-order valence-corrected chi connectivity index (χ3v) is 8.19. The van der Waals surface area contributed by atoms with E-state index >= 15 is 0 Å². The number of carbonyl (C=O) groups excluding carboxylic acids is 2. The van der Waals surface area contributed by atoms with Gasteiger partial charge >= 0.3 is 7.82 Å². The molecule has 0 radical (unpaired) electrons. The lowest BCUT2D eigenvalue weighted by Gasteiger charge is -2.30. The molecule has 0 bridgehead atoms. The molecule has 0 heterocycles. The van der Waals surface area contributed by atoms with Crippen molar-refractivity contribution < 1.29 is 38.7 Å². The van der Waals surface area contributed by atoms with Crippen molar-refractivity contribution in [2.45, 2.75) is 180 Å². The van der Waals surface area contributed by atoms with E-state index in [-0.39, 0.29) is 12.8 Å². The van der Waals surface area contributed by atoms with E-state index in [1.165, 1.54) is 77.0 Å². The Labute approximate surface area is 244 Å². The van der Waals surface area contributed by atoms with Crippen molar-refractivity contribution in [2.75, 3.05) is 6.61 Å². The fraction of sp³-hybridized carbons (Fsp3) is 0.935. The summed E-state index contributed by atoms with van der Waals surface area (Å²) in [7, 11) is -5.01. The maximum absolute atomic E-state index is 12.9. The van der Waals surface area contributed by atoms with Gasteiger partial charge in [0.2, 0.25) is 0 Å². The Kier molecular flexibility index (Phi) is 24.5. The molecule has 0 aliphatic heterocycles. The van der Waals surface area contributed by atoms with Gasteiger partial charge in [0.1, 0.15) is 0 Å². The normalized spacial score (nSPS) is 14.2. The number of carbonyl (C=O) groups is 2. The van der Waals surface area contributed by atoms with Crippen LogP contribution in [0.25, 0.3) is 0 Å². The van der Waals surface area contributed by atoms with Gasteiger partial charge in [0.05, 0.1) is 6.61 Å². The minimum absolute atomic E-state index is 0.0118. The number of Topliss-reactive ketones (excluding diaryl/α,β-unsaturated/α-hetero) is 2. The van der Waals surface area contributed by atoms with Crippen molar-refractivity contribution in [1.82, 2.24) is 0 Å². The number of phosphoric ester groups is 1. The average Bonchev–Trinajstić information content (AvgIpc) is 2.92. The van der Waals surface area contributed by atoms with E-state index < -0.39 is 37.7 Å². The lowest BCUT2D eigenvalue weighted by molar-refractivity contribution is -0.165. The first kappa shape index (κ1) is 39.4. The van der Waals surface area contributed by atoms with Crippen molar-refractivity contribution in [1.29, 1.82) is 0 Å². The molecule has 2 unspecified atom stereocenters. The first-order valence-corrected chi connectivity index (χ1v) is 17.8. The summed E-state index contributed by atoms with van der Waals surface area (Å²) in [5, 5.41) is 21.5. The Bertz CT molecular complexity index is 680. The number of hydrogen-bond acceptors (Lipinski definition) is 6. The zero-order valence-corrected chi connectivity index (χ0v) is 26.5. The Morgan fingerprint density at radius 2 is 0.950 bits per heavy atom. The second-order valence-electron chi connectivity index (χ2n) is 11.6. The van der Waals surface area contributed by atoms with Crippen LogP contribution < -0.4 is 0 Å². The van der Waals surface area contributed by atoms with E-state index in [1.54, 1.807) is 0 Å². The summed E-state index contributed by atoms with van der Waals surface area (Å²) in [6.45, 7) is 3.28. The molecular weight excluding hydrogens is 531 g/mol. The highest BCUT2D eigenvalue weighted by Gasteiger charge is 2.47. The van der Waals surface area contributed by atoms with Gasteiger partial charge < -0.3 is 20.0 Å². The summed E-state index contributed by atoms with van der Waals surface area (Å²) in [5.74, 6) is -1.53. The van der Waals surface area contributed by atoms with Gasteiger partial charge in [-0.2, -0.15) is 0 Å². The Hall–Kier alpha value is -0.630. The quantitative estimate of drug-likeness (QED) is 0.0490. The Morgan fingerprint density at radius 1 is 0.625 bits per heavy atom. The summed E-state index contributed by atoms with van der Waals surface area (Å²) in [6.07, 6.45) is 21.9. The molecule has 0 rings (SSSR count). The van der Waals surface area contributed by atoms with E-state index in [0.717, 1.165) is 51.4 Å². The highest BCUT2D eigenvalue weighted by atomic mass is 31.2. The first-order valence-electron chi connectivity index (χ1n) is 16.2. The number of phosphoric acid groups is 1. The Morgan fingerprint density at radius 3 is 1.30 bits per heavy atom. The van der Waals surface area contributed by atoms with Crippen LogP contribution in [0, 0.1) is 0 Å². The van der Waals surface area contributed by atoms with E-state index in [0.29, 0.717) is 12.8 Å². The molecule has 0 aromatic rings. The monoisotopic (exact) mass is 592 g/mol. The van der Waals surface area contributed by atoms with Gasteiger partial charge in [-0.1, -0.05) is 142 Å². The van der Waals surface area contributed by atoms with Gasteiger partial charge in [-0.15, -0.1) is 0 Å². The summed E-state index contributed by atoms with van der Waals surface area (Å²) in [4.78, 5) is 43.6. The molecule has 0 aromatic carbocycles. The fourth-order valence-corrected chi connectivity index (χ4v) is 5.39. The molecule has 0 aliphatic rings. The molecule has 0 saturated carbocycles. The summed E-state index contributed by atoms with van der Waals surface area (Å²) >= 11 is 0. The van der Waals surface area contributed by atoms with Crippen LogP contribution in [-0.2, 0) is 18.7 Å². The van der Waals surface area contributed by atoms with Gasteiger partial charge in [0, 0.05) is 12.8 Å². The molecule has 0 amide bonds. The van der Waals surface area contributed by atoms with Crippen LogP contribution in [0.4, 0.5) is 0 Å². The molecule has 238 valence electrons. The molecule has 40 heavy (non-hydrogen) atoms. The van der Waals surface area contributed by atoms with Crippen LogP contribution >= 0.6 is 7.82 Å². The van der Waals surface area contributed by atoms with Gasteiger partial charge in [-0.05, 0) is 12.8 Å². The number of aliphatic hydroxyl groups is 2. The molecule has 4 N–H and O–H groups in total. The molecule has 0 fully saturated rings. The molecule has 0 saturated heterocycles. The molecule has 0 spiro atoms.